The lowest BCUT2D eigenvalue weighted by atomic mass is 9.88. The van der Waals surface area contributed by atoms with Crippen molar-refractivity contribution >= 4 is 70.5 Å². The normalized spacial score (nSPS) is 18.4. The van der Waals surface area contributed by atoms with Crippen LogP contribution in [0, 0.1) is 11.8 Å². The second-order valence-corrected chi connectivity index (χ2v) is 19.4. The molecule has 0 saturated carbocycles. The lowest BCUT2D eigenvalue weighted by molar-refractivity contribution is -0.137. The van der Waals surface area contributed by atoms with Gasteiger partial charge in [0.05, 0.1) is 68.1 Å². The third-order valence-corrected chi connectivity index (χ3v) is 13.7. The number of aliphatic imine (C=N–C) groups is 2. The number of amides is 5. The van der Waals surface area contributed by atoms with Gasteiger partial charge in [0.2, 0.25) is 5.91 Å². The van der Waals surface area contributed by atoms with Gasteiger partial charge in [0.25, 0.3) is 23.6 Å². The minimum absolute atomic E-state index is 0.0510. The number of ketones is 2. The fourth-order valence-corrected chi connectivity index (χ4v) is 9.58. The number of Topliss-reactive ketones (excluding diaryl/α,β-unsaturated/α-hetero) is 2. The maximum absolute atomic E-state index is 14.1. The summed E-state index contributed by atoms with van der Waals surface area (Å²) in [5.41, 5.74) is 5.38. The van der Waals surface area contributed by atoms with E-state index in [4.69, 9.17) is 23.9 Å². The summed E-state index contributed by atoms with van der Waals surface area (Å²) < 4.78 is 23.5. The molecular weight excluding hydrogens is 933 g/mol. The molecule has 17 nitrogen and oxygen atoms in total. The van der Waals surface area contributed by atoms with Crippen LogP contribution in [0.25, 0.3) is 5.57 Å². The lowest BCUT2D eigenvalue weighted by Gasteiger charge is -2.22. The van der Waals surface area contributed by atoms with Crippen LogP contribution in [0.3, 0.4) is 0 Å². The van der Waals surface area contributed by atoms with E-state index in [1.54, 1.807) is 53.4 Å². The highest BCUT2D eigenvalue weighted by molar-refractivity contribution is 6.13. The summed E-state index contributed by atoms with van der Waals surface area (Å²) >= 11 is 0. The number of hydrogen-bond acceptors (Lipinski definition) is 13. The van der Waals surface area contributed by atoms with Crippen molar-refractivity contribution in [1.82, 2.24) is 20.0 Å². The van der Waals surface area contributed by atoms with Crippen molar-refractivity contribution in [3.63, 3.8) is 0 Å². The van der Waals surface area contributed by atoms with Gasteiger partial charge in [-0.05, 0) is 67.9 Å². The van der Waals surface area contributed by atoms with Crippen LogP contribution in [0.15, 0.2) is 88.6 Å². The first-order valence-electron chi connectivity index (χ1n) is 24.9. The molecule has 0 bridgehead atoms. The molecule has 5 heterocycles. The van der Waals surface area contributed by atoms with E-state index in [1.165, 1.54) is 31.3 Å². The average Bonchev–Trinajstić information content (AvgIpc) is 4.03. The van der Waals surface area contributed by atoms with Crippen LogP contribution >= 0.6 is 0 Å². The number of nitrogens with zero attached hydrogens (tertiary/aromatic N) is 5. The van der Waals surface area contributed by atoms with Gasteiger partial charge in [-0.2, -0.15) is 0 Å². The number of imide groups is 1. The second-order valence-electron chi connectivity index (χ2n) is 19.4. The predicted molar refractivity (Wildman–Crippen MR) is 274 cm³/mol. The van der Waals surface area contributed by atoms with E-state index in [-0.39, 0.29) is 91.6 Å². The molecular formula is C56H62N6O11. The number of unbranched alkanes of at least 4 members (excludes halogenated alkanes) is 2. The zero-order valence-corrected chi connectivity index (χ0v) is 42.2. The maximum atomic E-state index is 14.1. The topological polar surface area (TPSA) is 203 Å². The molecule has 8 rings (SSSR count). The number of carbonyl (C=O) groups excluding carboxylic acids is 7. The van der Waals surface area contributed by atoms with Gasteiger partial charge in [-0.15, -0.1) is 0 Å². The van der Waals surface area contributed by atoms with Crippen molar-refractivity contribution in [2.24, 2.45) is 21.8 Å². The molecule has 0 aromatic heterocycles. The summed E-state index contributed by atoms with van der Waals surface area (Å²) in [5.74, 6) is -0.677. The van der Waals surface area contributed by atoms with E-state index in [1.807, 2.05) is 57.4 Å². The highest BCUT2D eigenvalue weighted by Gasteiger charge is 2.35. The molecule has 5 aliphatic rings. The molecule has 3 aromatic carbocycles. The highest BCUT2D eigenvalue weighted by Crippen LogP contribution is 2.41. The van der Waals surface area contributed by atoms with Gasteiger partial charge in [0.15, 0.2) is 28.8 Å². The van der Waals surface area contributed by atoms with Gasteiger partial charge < -0.3 is 34.1 Å². The van der Waals surface area contributed by atoms with E-state index in [0.717, 1.165) is 28.7 Å². The first kappa shape index (κ1) is 51.7. The van der Waals surface area contributed by atoms with Crippen molar-refractivity contribution in [3.05, 3.63) is 101 Å². The Morgan fingerprint density at radius 2 is 1.33 bits per heavy atom. The average molecular weight is 995 g/mol. The Hall–Kier alpha value is -7.69. The number of methoxy groups -OCH3 is 2. The Morgan fingerprint density at radius 3 is 1.93 bits per heavy atom. The largest absolute Gasteiger partial charge is 0.493 e. The van der Waals surface area contributed by atoms with E-state index < -0.39 is 12.0 Å². The van der Waals surface area contributed by atoms with Gasteiger partial charge in [-0.1, -0.05) is 50.1 Å². The monoisotopic (exact) mass is 994 g/mol. The van der Waals surface area contributed by atoms with Crippen molar-refractivity contribution in [2.45, 2.75) is 104 Å². The lowest BCUT2D eigenvalue weighted by Crippen LogP contribution is -2.44. The van der Waals surface area contributed by atoms with Crippen LogP contribution in [0.4, 0.5) is 11.4 Å². The minimum Gasteiger partial charge on any atom is -0.493 e. The smallest absolute Gasteiger partial charge is 0.260 e. The Kier molecular flexibility index (Phi) is 16.1. The minimum atomic E-state index is -0.793. The third kappa shape index (κ3) is 11.8. The Labute approximate surface area is 425 Å². The molecule has 382 valence electrons. The van der Waals surface area contributed by atoms with Gasteiger partial charge in [-0.3, -0.25) is 48.4 Å². The molecule has 0 saturated heterocycles. The zero-order chi connectivity index (χ0) is 51.9. The number of nitrogens with one attached hydrogen (secondary N) is 1. The summed E-state index contributed by atoms with van der Waals surface area (Å²) in [7, 11) is 3.03. The number of ether oxygens (including phenoxy) is 4. The predicted octanol–water partition coefficient (Wildman–Crippen LogP) is 7.69. The molecule has 5 amide bonds. The Bertz CT molecular complexity index is 2840. The first-order valence-corrected chi connectivity index (χ1v) is 24.9. The second kappa shape index (κ2) is 22.8. The number of fused-ring (bicyclic) bond motifs is 4. The highest BCUT2D eigenvalue weighted by atomic mass is 16.5. The molecule has 1 N–H and O–H groups in total. The molecule has 0 aliphatic carbocycles. The Morgan fingerprint density at radius 1 is 0.726 bits per heavy atom. The van der Waals surface area contributed by atoms with Crippen LogP contribution in [-0.2, 0) is 30.4 Å². The van der Waals surface area contributed by atoms with E-state index in [9.17, 15) is 33.6 Å². The summed E-state index contributed by atoms with van der Waals surface area (Å²) in [6, 6.07) is 13.0. The first-order chi connectivity index (χ1) is 35.1. The molecule has 4 atom stereocenters. The standard InChI is InChI=1S/C56H62N6O11/c1-33(2)42(24-41(63)14-8-7-9-17-60-52(65)15-16-53(60)66)54(67)59-35(4)47(64)22-36-12-10-13-37(21-36)38-23-40-30-58-46-28-51(49(71-6)26-44(46)56(69)62(40)32-38)73-19-11-18-72-50-27-45-43(25-48(50)70-5)55(68)61-31-34(3)20-39(61)29-57-45/h10,12-13,15-16,21,25-33,35,39-40,42H,7-9,11,14,17-20,22-24H2,1-6H3,(H,59,67)/t35-,39-,40-,42-/m0/s1. The van der Waals surface area contributed by atoms with Crippen LogP contribution in [0.5, 0.6) is 23.0 Å². The molecule has 73 heavy (non-hydrogen) atoms. The van der Waals surface area contributed by atoms with Gasteiger partial charge in [-0.25, -0.2) is 0 Å². The van der Waals surface area contributed by atoms with Gasteiger partial charge >= 0.3 is 0 Å². The molecule has 5 aliphatic heterocycles. The van der Waals surface area contributed by atoms with E-state index >= 15 is 0 Å². The summed E-state index contributed by atoms with van der Waals surface area (Å²) in [4.78, 5) is 105. The molecule has 17 heteroatoms. The van der Waals surface area contributed by atoms with Crippen LogP contribution in [-0.4, -0.2) is 120 Å². The van der Waals surface area contributed by atoms with Gasteiger partial charge in [0.1, 0.15) is 5.78 Å². The Balaban J connectivity index is 0.820. The number of hydrogen-bond donors (Lipinski definition) is 1. The van der Waals surface area contributed by atoms with Crippen LogP contribution in [0.1, 0.15) is 111 Å². The van der Waals surface area contributed by atoms with E-state index in [2.05, 4.69) is 10.3 Å². The van der Waals surface area contributed by atoms with Crippen molar-refractivity contribution < 1.29 is 52.5 Å². The van der Waals surface area contributed by atoms with Crippen molar-refractivity contribution in [1.29, 1.82) is 0 Å². The molecule has 0 unspecified atom stereocenters. The van der Waals surface area contributed by atoms with Crippen LogP contribution < -0.4 is 24.3 Å². The summed E-state index contributed by atoms with van der Waals surface area (Å²) in [5, 5.41) is 2.85. The maximum Gasteiger partial charge on any atom is 0.260 e. The number of rotatable bonds is 23. The number of carbonyl (C=O) groups is 7. The van der Waals surface area contributed by atoms with Gasteiger partial charge in [0, 0.05) is 93.7 Å². The fraction of sp³-hybridized carbons (Fsp3) is 0.411. The van der Waals surface area contributed by atoms with E-state index in [0.29, 0.717) is 84.1 Å². The molecule has 0 spiro atoms. The third-order valence-electron chi connectivity index (χ3n) is 13.7. The fourth-order valence-electron chi connectivity index (χ4n) is 9.58. The molecule has 0 fully saturated rings. The summed E-state index contributed by atoms with van der Waals surface area (Å²) in [6.07, 6.45) is 13.7. The molecule has 3 aromatic rings. The van der Waals surface area contributed by atoms with Crippen LogP contribution in [0.2, 0.25) is 0 Å². The summed E-state index contributed by atoms with van der Waals surface area (Å²) in [6.45, 7) is 8.24. The zero-order valence-electron chi connectivity index (χ0n) is 42.2. The quantitative estimate of drug-likeness (QED) is 0.0721. The molecule has 0 radical (unpaired) electrons. The van der Waals surface area contributed by atoms with Crippen molar-refractivity contribution in [2.75, 3.05) is 34.0 Å². The number of benzene rings is 3. The van der Waals surface area contributed by atoms with Crippen molar-refractivity contribution in [3.8, 4) is 23.0 Å². The SMILES string of the molecule is COc1cc2c(cc1OCCCOc1cc3c(cc1OC)C(=O)N1C=C(c4cccc(CC(=O)[C@H](C)NC(=O)[C@@H](CC(=O)CCCCCN5C(=O)C=CC5=O)C(C)C)c4)C[C@H]1C=N3)N=C[C@@H]1CC(C)=CN1C2=O.